The molecule has 0 aromatic carbocycles. The highest BCUT2D eigenvalue weighted by atomic mass is 14.5. The summed E-state index contributed by atoms with van der Waals surface area (Å²) >= 11 is 0. The molecule has 0 aliphatic heterocycles. The van der Waals surface area contributed by atoms with Gasteiger partial charge in [-0.05, 0) is 87.4 Å². The highest BCUT2D eigenvalue weighted by molar-refractivity contribution is 4.95. The second-order valence-electron chi connectivity index (χ2n) is 9.76. The van der Waals surface area contributed by atoms with Gasteiger partial charge in [0.1, 0.15) is 0 Å². The maximum atomic E-state index is 9.75. The predicted molar refractivity (Wildman–Crippen MR) is 106 cm³/mol. The Bertz CT molecular complexity index is 414. The molecular formula is C24H41N. The van der Waals surface area contributed by atoms with Crippen molar-refractivity contribution in [2.45, 2.75) is 116 Å². The summed E-state index contributed by atoms with van der Waals surface area (Å²) in [6.45, 7) is 2.39. The normalized spacial score (nSPS) is 33.7. The molecule has 0 amide bonds. The average Bonchev–Trinajstić information content (AvgIpc) is 2.69. The van der Waals surface area contributed by atoms with Gasteiger partial charge < -0.3 is 0 Å². The van der Waals surface area contributed by atoms with Crippen molar-refractivity contribution >= 4 is 0 Å². The molecule has 0 saturated heterocycles. The average molecular weight is 344 g/mol. The Morgan fingerprint density at radius 2 is 1.48 bits per heavy atom. The van der Waals surface area contributed by atoms with Crippen molar-refractivity contribution in [1.29, 1.82) is 5.26 Å². The monoisotopic (exact) mass is 343 g/mol. The fraction of sp³-hybridized carbons (Fsp3) is 0.958. The Balaban J connectivity index is 1.54. The Hall–Kier alpha value is -0.510. The van der Waals surface area contributed by atoms with Gasteiger partial charge >= 0.3 is 0 Å². The van der Waals surface area contributed by atoms with Gasteiger partial charge in [-0.2, -0.15) is 5.26 Å². The summed E-state index contributed by atoms with van der Waals surface area (Å²) in [5, 5.41) is 9.75. The first-order valence-electron chi connectivity index (χ1n) is 11.7. The molecule has 0 aromatic heterocycles. The van der Waals surface area contributed by atoms with E-state index in [1.165, 1.54) is 109 Å². The van der Waals surface area contributed by atoms with E-state index in [0.29, 0.717) is 11.3 Å². The molecule has 0 bridgehead atoms. The lowest BCUT2D eigenvalue weighted by Gasteiger charge is -2.48. The zero-order valence-corrected chi connectivity index (χ0v) is 16.8. The van der Waals surface area contributed by atoms with Crippen LogP contribution in [0.25, 0.3) is 0 Å². The SMILES string of the molecule is CCC[C@]1(C2CCCCC2)CC[C@@H](CC(C#N)C2CCCCC2)CC1. The van der Waals surface area contributed by atoms with Gasteiger partial charge in [-0.1, -0.05) is 51.9 Å². The van der Waals surface area contributed by atoms with E-state index in [9.17, 15) is 5.26 Å². The van der Waals surface area contributed by atoms with Crippen LogP contribution in [0.3, 0.4) is 0 Å². The standard InChI is InChI=1S/C24H41N/c1-2-15-24(23-11-7-4-8-12-23)16-13-20(14-17-24)18-22(19-25)21-9-5-3-6-10-21/h20-23H,2-18H2,1H3/t20-,22?,24+. The first kappa shape index (κ1) is 19.3. The largest absolute Gasteiger partial charge is 0.198 e. The summed E-state index contributed by atoms with van der Waals surface area (Å²) in [7, 11) is 0. The molecule has 0 radical (unpaired) electrons. The van der Waals surface area contributed by atoms with E-state index in [4.69, 9.17) is 0 Å². The van der Waals surface area contributed by atoms with E-state index in [1.54, 1.807) is 0 Å². The maximum absolute atomic E-state index is 9.75. The summed E-state index contributed by atoms with van der Waals surface area (Å²) in [4.78, 5) is 0. The van der Waals surface area contributed by atoms with Gasteiger partial charge in [-0.15, -0.1) is 0 Å². The van der Waals surface area contributed by atoms with Crippen LogP contribution in [-0.2, 0) is 0 Å². The zero-order valence-electron chi connectivity index (χ0n) is 16.8. The van der Waals surface area contributed by atoms with Gasteiger partial charge in [0, 0.05) is 5.92 Å². The lowest BCUT2D eigenvalue weighted by molar-refractivity contribution is 0.0335. The second-order valence-corrected chi connectivity index (χ2v) is 9.76. The molecule has 3 saturated carbocycles. The van der Waals surface area contributed by atoms with E-state index < -0.39 is 0 Å². The zero-order chi connectivity index (χ0) is 17.5. The van der Waals surface area contributed by atoms with Crippen LogP contribution in [0.15, 0.2) is 0 Å². The minimum absolute atomic E-state index is 0.360. The van der Waals surface area contributed by atoms with Gasteiger partial charge in [-0.25, -0.2) is 0 Å². The van der Waals surface area contributed by atoms with Gasteiger partial charge in [0.2, 0.25) is 0 Å². The fourth-order valence-electron chi connectivity index (χ4n) is 6.81. The van der Waals surface area contributed by atoms with Crippen LogP contribution in [0.2, 0.25) is 0 Å². The molecule has 1 atom stereocenters. The van der Waals surface area contributed by atoms with Crippen molar-refractivity contribution in [2.24, 2.45) is 29.1 Å². The van der Waals surface area contributed by atoms with Crippen LogP contribution in [-0.4, -0.2) is 0 Å². The molecule has 3 rings (SSSR count). The van der Waals surface area contributed by atoms with Crippen molar-refractivity contribution in [3.63, 3.8) is 0 Å². The predicted octanol–water partition coefficient (Wildman–Crippen LogP) is 7.65. The van der Waals surface area contributed by atoms with Crippen molar-refractivity contribution in [2.75, 3.05) is 0 Å². The molecule has 0 N–H and O–H groups in total. The third kappa shape index (κ3) is 4.81. The van der Waals surface area contributed by atoms with Crippen molar-refractivity contribution in [3.8, 4) is 6.07 Å². The third-order valence-corrected chi connectivity index (χ3v) is 8.29. The molecule has 1 heteroatoms. The number of hydrogen-bond donors (Lipinski definition) is 0. The Labute approximate surface area is 157 Å². The number of nitriles is 1. The van der Waals surface area contributed by atoms with Crippen LogP contribution >= 0.6 is 0 Å². The maximum Gasteiger partial charge on any atom is 0.0658 e. The Morgan fingerprint density at radius 1 is 0.880 bits per heavy atom. The highest BCUT2D eigenvalue weighted by Crippen LogP contribution is 2.53. The van der Waals surface area contributed by atoms with Crippen molar-refractivity contribution in [3.05, 3.63) is 0 Å². The van der Waals surface area contributed by atoms with Crippen molar-refractivity contribution < 1.29 is 0 Å². The van der Waals surface area contributed by atoms with Crippen LogP contribution in [0.1, 0.15) is 116 Å². The molecule has 3 aliphatic carbocycles. The minimum Gasteiger partial charge on any atom is -0.198 e. The second kappa shape index (κ2) is 9.43. The fourth-order valence-corrected chi connectivity index (χ4v) is 6.81. The van der Waals surface area contributed by atoms with Crippen molar-refractivity contribution in [1.82, 2.24) is 0 Å². The molecule has 3 fully saturated rings. The van der Waals surface area contributed by atoms with Gasteiger partial charge in [0.25, 0.3) is 0 Å². The molecule has 0 aromatic rings. The lowest BCUT2D eigenvalue weighted by Crippen LogP contribution is -2.36. The van der Waals surface area contributed by atoms with E-state index >= 15 is 0 Å². The highest BCUT2D eigenvalue weighted by Gasteiger charge is 2.41. The van der Waals surface area contributed by atoms with Gasteiger partial charge in [0.05, 0.1) is 6.07 Å². The molecule has 1 unspecified atom stereocenters. The first-order valence-corrected chi connectivity index (χ1v) is 11.7. The number of hydrogen-bond acceptors (Lipinski definition) is 1. The summed E-state index contributed by atoms with van der Waals surface area (Å²) in [6, 6.07) is 2.73. The lowest BCUT2D eigenvalue weighted by atomic mass is 9.57. The van der Waals surface area contributed by atoms with E-state index in [-0.39, 0.29) is 0 Å². The molecule has 3 aliphatic rings. The van der Waals surface area contributed by atoms with Crippen LogP contribution in [0, 0.1) is 40.4 Å². The first-order chi connectivity index (χ1) is 12.3. The molecule has 1 nitrogen and oxygen atoms in total. The van der Waals surface area contributed by atoms with E-state index in [0.717, 1.165) is 17.8 Å². The Morgan fingerprint density at radius 3 is 2.04 bits per heavy atom. The molecule has 142 valence electrons. The van der Waals surface area contributed by atoms with Gasteiger partial charge in [-0.3, -0.25) is 0 Å². The number of nitrogens with zero attached hydrogens (tertiary/aromatic N) is 1. The molecular weight excluding hydrogens is 302 g/mol. The molecule has 0 heterocycles. The van der Waals surface area contributed by atoms with Gasteiger partial charge in [0.15, 0.2) is 0 Å². The minimum atomic E-state index is 0.360. The van der Waals surface area contributed by atoms with Crippen LogP contribution < -0.4 is 0 Å². The molecule has 25 heavy (non-hydrogen) atoms. The topological polar surface area (TPSA) is 23.8 Å². The van der Waals surface area contributed by atoms with Crippen LogP contribution in [0.4, 0.5) is 0 Å². The summed E-state index contributed by atoms with van der Waals surface area (Å²) in [5.74, 6) is 2.95. The smallest absolute Gasteiger partial charge is 0.0658 e. The van der Waals surface area contributed by atoms with E-state index in [1.807, 2.05) is 0 Å². The molecule has 0 spiro atoms. The Kier molecular flexibility index (Phi) is 7.27. The van der Waals surface area contributed by atoms with Crippen LogP contribution in [0.5, 0.6) is 0 Å². The summed E-state index contributed by atoms with van der Waals surface area (Å²) < 4.78 is 0. The summed E-state index contributed by atoms with van der Waals surface area (Å²) in [5.41, 5.74) is 0.679. The van der Waals surface area contributed by atoms with E-state index in [2.05, 4.69) is 13.0 Å². The number of rotatable bonds is 6. The quantitative estimate of drug-likeness (QED) is 0.485. The summed E-state index contributed by atoms with van der Waals surface area (Å²) in [6.07, 6.45) is 24.1. The third-order valence-electron chi connectivity index (χ3n) is 8.29.